The van der Waals surface area contributed by atoms with Crippen molar-refractivity contribution in [1.29, 1.82) is 0 Å². The van der Waals surface area contributed by atoms with Crippen LogP contribution in [-0.2, 0) is 13.0 Å². The van der Waals surface area contributed by atoms with Gasteiger partial charge in [0.1, 0.15) is 0 Å². The summed E-state index contributed by atoms with van der Waals surface area (Å²) in [5.41, 5.74) is 16.4. The molecule has 0 saturated carbocycles. The first-order valence-electron chi connectivity index (χ1n) is 6.33. The van der Waals surface area contributed by atoms with E-state index >= 15 is 0 Å². The summed E-state index contributed by atoms with van der Waals surface area (Å²) >= 11 is 0. The van der Waals surface area contributed by atoms with Gasteiger partial charge in [0.25, 0.3) is 0 Å². The molecule has 1 unspecified atom stereocenters. The predicted molar refractivity (Wildman–Crippen MR) is 77.1 cm³/mol. The van der Waals surface area contributed by atoms with E-state index in [1.54, 1.807) is 0 Å². The van der Waals surface area contributed by atoms with E-state index in [1.807, 2.05) is 6.92 Å². The van der Waals surface area contributed by atoms with Crippen LogP contribution in [0.15, 0.2) is 48.5 Å². The molecule has 4 N–H and O–H groups in total. The van der Waals surface area contributed by atoms with E-state index in [0.29, 0.717) is 6.54 Å². The molecule has 0 heterocycles. The van der Waals surface area contributed by atoms with Crippen LogP contribution in [0.1, 0.15) is 18.1 Å². The Morgan fingerprint density at radius 2 is 1.50 bits per heavy atom. The molecular weight excluding hydrogens is 220 g/mol. The zero-order chi connectivity index (χ0) is 13.0. The third kappa shape index (κ3) is 3.19. The predicted octanol–water partition coefficient (Wildman–Crippen LogP) is 2.70. The summed E-state index contributed by atoms with van der Waals surface area (Å²) in [4.78, 5) is 0. The van der Waals surface area contributed by atoms with Gasteiger partial charge in [-0.2, -0.15) is 0 Å². The zero-order valence-corrected chi connectivity index (χ0v) is 10.8. The normalized spacial score (nSPS) is 12.4. The molecule has 0 aromatic heterocycles. The third-order valence-electron chi connectivity index (χ3n) is 2.98. The van der Waals surface area contributed by atoms with Gasteiger partial charge < -0.3 is 11.5 Å². The number of hydrogen-bond acceptors (Lipinski definition) is 2. The summed E-state index contributed by atoms with van der Waals surface area (Å²) in [6, 6.07) is 17.1. The third-order valence-corrected chi connectivity index (χ3v) is 2.98. The maximum Gasteiger partial charge on any atom is 0.0178 e. The second kappa shape index (κ2) is 5.80. The smallest absolute Gasteiger partial charge is 0.0178 e. The molecule has 0 aliphatic heterocycles. The highest BCUT2D eigenvalue weighted by molar-refractivity contribution is 5.65. The lowest BCUT2D eigenvalue weighted by atomic mass is 9.99. The van der Waals surface area contributed by atoms with Crippen LogP contribution in [0.25, 0.3) is 11.1 Å². The summed E-state index contributed by atoms with van der Waals surface area (Å²) in [6.45, 7) is 2.61. The van der Waals surface area contributed by atoms with E-state index in [0.717, 1.165) is 12.0 Å². The topological polar surface area (TPSA) is 52.0 Å². The molecule has 2 nitrogen and oxygen atoms in total. The highest BCUT2D eigenvalue weighted by Gasteiger charge is 2.02. The highest BCUT2D eigenvalue weighted by Crippen LogP contribution is 2.22. The molecule has 18 heavy (non-hydrogen) atoms. The molecule has 0 aliphatic carbocycles. The van der Waals surface area contributed by atoms with Crippen LogP contribution in [0.4, 0.5) is 0 Å². The van der Waals surface area contributed by atoms with Crippen LogP contribution in [0.3, 0.4) is 0 Å². The largest absolute Gasteiger partial charge is 0.328 e. The van der Waals surface area contributed by atoms with E-state index in [4.69, 9.17) is 11.5 Å². The Hall–Kier alpha value is -1.64. The molecule has 1 atom stereocenters. The summed E-state index contributed by atoms with van der Waals surface area (Å²) in [6.07, 6.45) is 0.907. The molecule has 2 aromatic rings. The standard InChI is InChI=1S/C16H20N2/c1-12(18)8-13-4-2-6-15(9-13)16-7-3-5-14(10-16)11-17/h2-7,9-10,12H,8,11,17-18H2,1H3. The molecule has 94 valence electrons. The zero-order valence-electron chi connectivity index (χ0n) is 10.8. The maximum absolute atomic E-state index is 5.84. The molecule has 0 radical (unpaired) electrons. The Kier molecular flexibility index (Phi) is 4.13. The minimum absolute atomic E-state index is 0.190. The Morgan fingerprint density at radius 3 is 2.06 bits per heavy atom. The fourth-order valence-electron chi connectivity index (χ4n) is 2.13. The lowest BCUT2D eigenvalue weighted by Gasteiger charge is -2.08. The van der Waals surface area contributed by atoms with Crippen LogP contribution in [0.2, 0.25) is 0 Å². The van der Waals surface area contributed by atoms with E-state index in [1.165, 1.54) is 16.7 Å². The lowest BCUT2D eigenvalue weighted by molar-refractivity contribution is 0.738. The van der Waals surface area contributed by atoms with E-state index in [2.05, 4.69) is 48.5 Å². The maximum atomic E-state index is 5.84. The minimum atomic E-state index is 0.190. The summed E-state index contributed by atoms with van der Waals surface area (Å²) < 4.78 is 0. The Balaban J connectivity index is 2.32. The monoisotopic (exact) mass is 240 g/mol. The van der Waals surface area contributed by atoms with Gasteiger partial charge in [0.15, 0.2) is 0 Å². The molecule has 2 heteroatoms. The van der Waals surface area contributed by atoms with Gasteiger partial charge in [-0.3, -0.25) is 0 Å². The Labute approximate surface area is 109 Å². The molecule has 0 fully saturated rings. The second-order valence-electron chi connectivity index (χ2n) is 4.79. The fourth-order valence-corrected chi connectivity index (χ4v) is 2.13. The summed E-state index contributed by atoms with van der Waals surface area (Å²) in [5, 5.41) is 0. The van der Waals surface area contributed by atoms with Crippen molar-refractivity contribution in [3.05, 3.63) is 59.7 Å². The van der Waals surface area contributed by atoms with Crippen LogP contribution in [0.5, 0.6) is 0 Å². The molecule has 2 rings (SSSR count). The van der Waals surface area contributed by atoms with Gasteiger partial charge in [0, 0.05) is 12.6 Å². The number of rotatable bonds is 4. The van der Waals surface area contributed by atoms with Gasteiger partial charge in [-0.15, -0.1) is 0 Å². The average molecular weight is 240 g/mol. The Bertz CT molecular complexity index is 518. The van der Waals surface area contributed by atoms with E-state index in [9.17, 15) is 0 Å². The van der Waals surface area contributed by atoms with Crippen molar-refractivity contribution in [1.82, 2.24) is 0 Å². The average Bonchev–Trinajstić information content (AvgIpc) is 2.38. The molecule has 0 spiro atoms. The summed E-state index contributed by atoms with van der Waals surface area (Å²) in [7, 11) is 0. The van der Waals surface area contributed by atoms with Gasteiger partial charge in [-0.1, -0.05) is 42.5 Å². The van der Waals surface area contributed by atoms with Crippen molar-refractivity contribution >= 4 is 0 Å². The number of hydrogen-bond donors (Lipinski definition) is 2. The molecule has 0 aliphatic rings. The van der Waals surface area contributed by atoms with Crippen LogP contribution in [-0.4, -0.2) is 6.04 Å². The van der Waals surface area contributed by atoms with E-state index < -0.39 is 0 Å². The van der Waals surface area contributed by atoms with Crippen molar-refractivity contribution in [2.24, 2.45) is 11.5 Å². The minimum Gasteiger partial charge on any atom is -0.328 e. The van der Waals surface area contributed by atoms with E-state index in [-0.39, 0.29) is 6.04 Å². The SMILES string of the molecule is CC(N)Cc1cccc(-c2cccc(CN)c2)c1. The van der Waals surface area contributed by atoms with Crippen LogP contribution < -0.4 is 11.5 Å². The van der Waals surface area contributed by atoms with Crippen molar-refractivity contribution in [2.75, 3.05) is 0 Å². The molecule has 0 amide bonds. The first-order chi connectivity index (χ1) is 8.69. The first-order valence-corrected chi connectivity index (χ1v) is 6.33. The number of benzene rings is 2. The lowest BCUT2D eigenvalue weighted by Crippen LogP contribution is -2.17. The van der Waals surface area contributed by atoms with Crippen molar-refractivity contribution < 1.29 is 0 Å². The van der Waals surface area contributed by atoms with Gasteiger partial charge in [0.05, 0.1) is 0 Å². The highest BCUT2D eigenvalue weighted by atomic mass is 14.6. The van der Waals surface area contributed by atoms with Gasteiger partial charge in [0.2, 0.25) is 0 Å². The van der Waals surface area contributed by atoms with Gasteiger partial charge in [-0.25, -0.2) is 0 Å². The van der Waals surface area contributed by atoms with Crippen molar-refractivity contribution in [3.63, 3.8) is 0 Å². The first kappa shape index (κ1) is 12.8. The van der Waals surface area contributed by atoms with Crippen LogP contribution in [0, 0.1) is 0 Å². The molecule has 2 aromatic carbocycles. The van der Waals surface area contributed by atoms with Crippen molar-refractivity contribution in [2.45, 2.75) is 25.9 Å². The van der Waals surface area contributed by atoms with Gasteiger partial charge in [-0.05, 0) is 41.7 Å². The van der Waals surface area contributed by atoms with Gasteiger partial charge >= 0.3 is 0 Å². The van der Waals surface area contributed by atoms with Crippen molar-refractivity contribution in [3.8, 4) is 11.1 Å². The molecule has 0 bridgehead atoms. The molecule has 0 saturated heterocycles. The quantitative estimate of drug-likeness (QED) is 0.863. The number of nitrogens with two attached hydrogens (primary N) is 2. The Morgan fingerprint density at radius 1 is 0.944 bits per heavy atom. The molecular formula is C16H20N2. The van der Waals surface area contributed by atoms with Crippen LogP contribution >= 0.6 is 0 Å². The fraction of sp³-hybridized carbons (Fsp3) is 0.250. The second-order valence-corrected chi connectivity index (χ2v) is 4.79. The summed E-state index contributed by atoms with van der Waals surface area (Å²) in [5.74, 6) is 0.